The van der Waals surface area contributed by atoms with Crippen molar-refractivity contribution in [2.24, 2.45) is 5.92 Å². The highest BCUT2D eigenvalue weighted by atomic mass is 16.6. The molecule has 5 nitrogen and oxygen atoms in total. The van der Waals surface area contributed by atoms with Crippen LogP contribution in [0.25, 0.3) is 0 Å². The van der Waals surface area contributed by atoms with E-state index < -0.39 is 0 Å². The second-order valence-electron chi connectivity index (χ2n) is 5.45. The van der Waals surface area contributed by atoms with Crippen LogP contribution in [0.2, 0.25) is 0 Å². The van der Waals surface area contributed by atoms with E-state index in [1.165, 1.54) is 0 Å². The van der Waals surface area contributed by atoms with Gasteiger partial charge in [0.05, 0.1) is 0 Å². The summed E-state index contributed by atoms with van der Waals surface area (Å²) in [6.45, 7) is 1.50. The molecule has 22 heavy (non-hydrogen) atoms. The van der Waals surface area contributed by atoms with Crippen molar-refractivity contribution in [3.63, 3.8) is 0 Å². The molecule has 1 amide bonds. The zero-order valence-corrected chi connectivity index (χ0v) is 12.3. The molecule has 1 saturated heterocycles. The number of likely N-dealkylation sites (tertiary alicyclic amines) is 1. The molecule has 2 aromatic rings. The fraction of sp³-hybridized carbons (Fsp3) is 0.353. The molecule has 1 aliphatic rings. The lowest BCUT2D eigenvalue weighted by Crippen LogP contribution is -2.39. The molecule has 0 saturated carbocycles. The summed E-state index contributed by atoms with van der Waals surface area (Å²) >= 11 is 0. The van der Waals surface area contributed by atoms with E-state index in [0.717, 1.165) is 12.8 Å². The quantitative estimate of drug-likeness (QED) is 0.943. The van der Waals surface area contributed by atoms with Gasteiger partial charge in [0.15, 0.2) is 5.76 Å². The van der Waals surface area contributed by atoms with Crippen molar-refractivity contribution in [3.8, 4) is 11.7 Å². The largest absolute Gasteiger partial charge is 0.426 e. The summed E-state index contributed by atoms with van der Waals surface area (Å²) in [5, 5.41) is 9.14. The Bertz CT molecular complexity index is 615. The molecular weight excluding hydrogens is 282 g/mol. The van der Waals surface area contributed by atoms with Crippen LogP contribution in [0, 0.1) is 5.92 Å². The lowest BCUT2D eigenvalue weighted by atomic mass is 9.98. The number of hydrogen-bond acceptors (Lipinski definition) is 4. The van der Waals surface area contributed by atoms with E-state index in [1.807, 2.05) is 30.3 Å². The summed E-state index contributed by atoms with van der Waals surface area (Å²) in [5.41, 5.74) is 0. The monoisotopic (exact) mass is 301 g/mol. The minimum Gasteiger partial charge on any atom is -0.426 e. The molecule has 0 spiro atoms. The van der Waals surface area contributed by atoms with Crippen LogP contribution in [-0.2, 0) is 0 Å². The van der Waals surface area contributed by atoms with Gasteiger partial charge in [-0.25, -0.2) is 0 Å². The molecule has 1 fully saturated rings. The predicted molar refractivity (Wildman–Crippen MR) is 80.9 cm³/mol. The number of furan rings is 1. The lowest BCUT2D eigenvalue weighted by Gasteiger charge is -2.30. The average Bonchev–Trinajstić information content (AvgIpc) is 3.04. The highest BCUT2D eigenvalue weighted by molar-refractivity contribution is 5.91. The number of aliphatic hydroxyl groups is 1. The maximum absolute atomic E-state index is 12.4. The maximum Gasteiger partial charge on any atom is 0.290 e. The van der Waals surface area contributed by atoms with Gasteiger partial charge < -0.3 is 19.2 Å². The van der Waals surface area contributed by atoms with Crippen molar-refractivity contribution in [1.29, 1.82) is 0 Å². The number of amides is 1. The van der Waals surface area contributed by atoms with Crippen molar-refractivity contribution < 1.29 is 19.1 Å². The highest BCUT2D eigenvalue weighted by Gasteiger charge is 2.25. The van der Waals surface area contributed by atoms with E-state index in [0.29, 0.717) is 30.7 Å². The molecule has 116 valence electrons. The Balaban J connectivity index is 1.62. The minimum atomic E-state index is -0.126. The molecule has 0 aliphatic carbocycles. The molecule has 1 aliphatic heterocycles. The molecule has 0 unspecified atom stereocenters. The van der Waals surface area contributed by atoms with Gasteiger partial charge in [0.2, 0.25) is 0 Å². The smallest absolute Gasteiger partial charge is 0.290 e. The van der Waals surface area contributed by atoms with Crippen LogP contribution in [0.1, 0.15) is 23.4 Å². The number of nitrogens with zero attached hydrogens (tertiary/aromatic N) is 1. The summed E-state index contributed by atoms with van der Waals surface area (Å²) in [7, 11) is 0. The van der Waals surface area contributed by atoms with Gasteiger partial charge in [-0.15, -0.1) is 0 Å². The number of piperidine rings is 1. The van der Waals surface area contributed by atoms with Crippen LogP contribution in [0.3, 0.4) is 0 Å². The summed E-state index contributed by atoms with van der Waals surface area (Å²) in [6, 6.07) is 12.6. The second-order valence-corrected chi connectivity index (χ2v) is 5.45. The van der Waals surface area contributed by atoms with Crippen LogP contribution in [0.4, 0.5) is 0 Å². The Morgan fingerprint density at radius 1 is 1.18 bits per heavy atom. The Kier molecular flexibility index (Phi) is 4.44. The number of carbonyl (C=O) groups is 1. The van der Waals surface area contributed by atoms with Crippen LogP contribution in [0.15, 0.2) is 46.9 Å². The third-order valence-corrected chi connectivity index (χ3v) is 3.91. The minimum absolute atomic E-state index is 0.126. The van der Waals surface area contributed by atoms with Crippen molar-refractivity contribution in [2.45, 2.75) is 12.8 Å². The van der Waals surface area contributed by atoms with E-state index in [2.05, 4.69) is 0 Å². The van der Waals surface area contributed by atoms with Gasteiger partial charge in [0.1, 0.15) is 5.75 Å². The second kappa shape index (κ2) is 6.66. The third-order valence-electron chi connectivity index (χ3n) is 3.91. The fourth-order valence-corrected chi connectivity index (χ4v) is 2.57. The predicted octanol–water partition coefficient (Wildman–Crippen LogP) is 2.92. The van der Waals surface area contributed by atoms with E-state index in [-0.39, 0.29) is 18.3 Å². The van der Waals surface area contributed by atoms with Gasteiger partial charge in [0, 0.05) is 25.8 Å². The number of hydrogen-bond donors (Lipinski definition) is 1. The normalized spacial score (nSPS) is 15.8. The van der Waals surface area contributed by atoms with Crippen LogP contribution in [-0.4, -0.2) is 35.6 Å². The third kappa shape index (κ3) is 3.31. The molecule has 0 radical (unpaired) electrons. The first-order valence-electron chi connectivity index (χ1n) is 7.49. The van der Waals surface area contributed by atoms with Gasteiger partial charge in [-0.2, -0.15) is 0 Å². The number of para-hydroxylation sites is 1. The molecule has 5 heteroatoms. The number of benzene rings is 1. The molecule has 0 bridgehead atoms. The maximum atomic E-state index is 12.4. The van der Waals surface area contributed by atoms with Gasteiger partial charge >= 0.3 is 0 Å². The lowest BCUT2D eigenvalue weighted by molar-refractivity contribution is 0.0615. The molecular formula is C17H19NO4. The first-order chi connectivity index (χ1) is 10.8. The molecule has 1 aromatic heterocycles. The van der Waals surface area contributed by atoms with Crippen molar-refractivity contribution >= 4 is 5.91 Å². The van der Waals surface area contributed by atoms with Crippen LogP contribution >= 0.6 is 0 Å². The summed E-state index contributed by atoms with van der Waals surface area (Å²) < 4.78 is 11.1. The van der Waals surface area contributed by atoms with Gasteiger partial charge in [-0.3, -0.25) is 4.79 Å². The number of rotatable bonds is 4. The van der Waals surface area contributed by atoms with Gasteiger partial charge in [-0.05, 0) is 37.0 Å². The molecule has 2 heterocycles. The number of aliphatic hydroxyl groups excluding tert-OH is 1. The Hall–Kier alpha value is -2.27. The molecule has 3 rings (SSSR count). The Morgan fingerprint density at radius 3 is 2.59 bits per heavy atom. The fourth-order valence-electron chi connectivity index (χ4n) is 2.57. The van der Waals surface area contributed by atoms with Crippen molar-refractivity contribution in [1.82, 2.24) is 4.90 Å². The van der Waals surface area contributed by atoms with Crippen LogP contribution in [0.5, 0.6) is 11.7 Å². The SMILES string of the molecule is O=C(c1ccc(Oc2ccccc2)o1)N1CCC(CO)CC1. The van der Waals surface area contributed by atoms with E-state index >= 15 is 0 Å². The Labute approximate surface area is 129 Å². The van der Waals surface area contributed by atoms with Crippen molar-refractivity contribution in [3.05, 3.63) is 48.2 Å². The number of carbonyl (C=O) groups excluding carboxylic acids is 1. The summed E-state index contributed by atoms with van der Waals surface area (Å²) in [4.78, 5) is 14.1. The average molecular weight is 301 g/mol. The van der Waals surface area contributed by atoms with E-state index in [4.69, 9.17) is 14.3 Å². The van der Waals surface area contributed by atoms with E-state index in [1.54, 1.807) is 17.0 Å². The van der Waals surface area contributed by atoms with Crippen LogP contribution < -0.4 is 4.74 Å². The topological polar surface area (TPSA) is 62.9 Å². The van der Waals surface area contributed by atoms with Crippen molar-refractivity contribution in [2.75, 3.05) is 19.7 Å². The molecule has 1 N–H and O–H groups in total. The summed E-state index contributed by atoms with van der Waals surface area (Å²) in [5.74, 6) is 1.43. The zero-order valence-electron chi connectivity index (χ0n) is 12.3. The number of ether oxygens (including phenoxy) is 1. The standard InChI is InChI=1S/C17H19NO4/c19-12-13-8-10-18(11-9-13)17(20)15-6-7-16(22-15)21-14-4-2-1-3-5-14/h1-7,13,19H,8-12H2. The first-order valence-corrected chi connectivity index (χ1v) is 7.49. The van der Waals surface area contributed by atoms with Gasteiger partial charge in [-0.1, -0.05) is 18.2 Å². The highest BCUT2D eigenvalue weighted by Crippen LogP contribution is 2.25. The summed E-state index contributed by atoms with van der Waals surface area (Å²) in [6.07, 6.45) is 1.66. The molecule has 0 atom stereocenters. The van der Waals surface area contributed by atoms with E-state index in [9.17, 15) is 4.79 Å². The first kappa shape index (κ1) is 14.7. The van der Waals surface area contributed by atoms with Gasteiger partial charge in [0.25, 0.3) is 11.9 Å². The molecule has 1 aromatic carbocycles. The zero-order chi connectivity index (χ0) is 15.4. The Morgan fingerprint density at radius 2 is 1.91 bits per heavy atom.